The van der Waals surface area contributed by atoms with Crippen molar-refractivity contribution in [2.75, 3.05) is 31.9 Å². The van der Waals surface area contributed by atoms with Gasteiger partial charge in [-0.05, 0) is 31.0 Å². The van der Waals surface area contributed by atoms with Crippen LogP contribution in [0.15, 0.2) is 28.3 Å². The number of sulfonamides is 1. The fourth-order valence-electron chi connectivity index (χ4n) is 2.72. The van der Waals surface area contributed by atoms with Gasteiger partial charge < -0.3 is 15.5 Å². The molecule has 7 nitrogen and oxygen atoms in total. The number of carbonyl (C=O) groups is 1. The van der Waals surface area contributed by atoms with Crippen molar-refractivity contribution < 1.29 is 13.2 Å². The number of amides is 1. The van der Waals surface area contributed by atoms with E-state index in [1.165, 1.54) is 0 Å². The maximum Gasteiger partial charge on any atom is 0.256 e. The largest absolute Gasteiger partial charge is 0.338 e. The van der Waals surface area contributed by atoms with E-state index in [0.29, 0.717) is 37.0 Å². The summed E-state index contributed by atoms with van der Waals surface area (Å²) in [6, 6.07) is 0. The molecule has 1 fully saturated rings. The van der Waals surface area contributed by atoms with Crippen molar-refractivity contribution >= 4 is 21.8 Å². The Bertz CT molecular complexity index is 650. The summed E-state index contributed by atoms with van der Waals surface area (Å²) >= 11 is 0. The average molecular weight is 310 g/mol. The third-order valence-corrected chi connectivity index (χ3v) is 5.14. The number of likely N-dealkylation sites (tertiary alicyclic amines) is 1. The van der Waals surface area contributed by atoms with Crippen LogP contribution in [0.1, 0.15) is 6.42 Å². The van der Waals surface area contributed by atoms with Crippen molar-refractivity contribution in [3.05, 3.63) is 23.9 Å². The van der Waals surface area contributed by atoms with Crippen LogP contribution in [0.5, 0.6) is 0 Å². The van der Waals surface area contributed by atoms with Crippen LogP contribution in [-0.2, 0) is 14.8 Å². The van der Waals surface area contributed by atoms with Crippen LogP contribution in [0.3, 0.4) is 0 Å². The number of nitrogens with two attached hydrogens (primary N) is 1. The molecule has 0 aromatic heterocycles. The number of nitrogens with zero attached hydrogens (tertiary/aromatic N) is 3. The predicted molar refractivity (Wildman–Crippen MR) is 78.9 cm³/mol. The van der Waals surface area contributed by atoms with Crippen molar-refractivity contribution in [1.29, 1.82) is 0 Å². The molecule has 0 radical (unpaired) electrons. The molecule has 0 aromatic rings. The van der Waals surface area contributed by atoms with Gasteiger partial charge in [-0.25, -0.2) is 8.42 Å². The number of rotatable bonds is 2. The molecule has 3 rings (SSSR count). The highest BCUT2D eigenvalue weighted by Crippen LogP contribution is 2.21. The number of fused-ring (bicyclic) bond motifs is 1. The third kappa shape index (κ3) is 2.86. The molecular formula is C13H18N4O3S. The van der Waals surface area contributed by atoms with Gasteiger partial charge in [0.1, 0.15) is 5.84 Å². The minimum atomic E-state index is -3.36. The molecule has 0 bridgehead atoms. The van der Waals surface area contributed by atoms with E-state index in [0.717, 1.165) is 13.0 Å². The average Bonchev–Trinajstić information content (AvgIpc) is 2.94. The zero-order chi connectivity index (χ0) is 15.0. The van der Waals surface area contributed by atoms with Crippen molar-refractivity contribution in [1.82, 2.24) is 9.80 Å². The summed E-state index contributed by atoms with van der Waals surface area (Å²) in [5.74, 6) is 0.689. The lowest BCUT2D eigenvalue weighted by molar-refractivity contribution is -0.125. The van der Waals surface area contributed by atoms with Crippen LogP contribution < -0.4 is 5.73 Å². The maximum atomic E-state index is 12.4. The fourth-order valence-corrected chi connectivity index (χ4v) is 3.69. The van der Waals surface area contributed by atoms with Gasteiger partial charge in [0.05, 0.1) is 11.3 Å². The van der Waals surface area contributed by atoms with Gasteiger partial charge in [-0.3, -0.25) is 4.79 Å². The minimum Gasteiger partial charge on any atom is -0.338 e. The molecular weight excluding hydrogens is 292 g/mol. The van der Waals surface area contributed by atoms with E-state index in [2.05, 4.69) is 4.40 Å². The molecule has 0 aliphatic carbocycles. The Morgan fingerprint density at radius 2 is 2.19 bits per heavy atom. The van der Waals surface area contributed by atoms with Crippen LogP contribution in [0.25, 0.3) is 0 Å². The molecule has 1 atom stereocenters. The first-order chi connectivity index (χ1) is 9.98. The van der Waals surface area contributed by atoms with E-state index in [1.54, 1.807) is 28.2 Å². The normalized spacial score (nSPS) is 27.2. The molecule has 114 valence electrons. The second kappa shape index (κ2) is 5.27. The Morgan fingerprint density at radius 1 is 1.38 bits per heavy atom. The highest BCUT2D eigenvalue weighted by molar-refractivity contribution is 7.90. The van der Waals surface area contributed by atoms with Crippen LogP contribution in [0.4, 0.5) is 0 Å². The van der Waals surface area contributed by atoms with Crippen LogP contribution in [0.2, 0.25) is 0 Å². The van der Waals surface area contributed by atoms with E-state index in [4.69, 9.17) is 5.73 Å². The zero-order valence-electron chi connectivity index (χ0n) is 11.6. The third-order valence-electron chi connectivity index (χ3n) is 3.98. The molecule has 8 heteroatoms. The van der Waals surface area contributed by atoms with Gasteiger partial charge in [0, 0.05) is 25.8 Å². The summed E-state index contributed by atoms with van der Waals surface area (Å²) < 4.78 is 26.6. The maximum absolute atomic E-state index is 12.4. The topological polar surface area (TPSA) is 96.1 Å². The van der Waals surface area contributed by atoms with Gasteiger partial charge in [-0.2, -0.15) is 0 Å². The Kier molecular flexibility index (Phi) is 3.58. The SMILES string of the molecule is NCC1CCN(C(=O)C2=CN3CCS(=O)(=O)N=C3C=C2)C1. The molecule has 1 saturated heterocycles. The molecule has 0 saturated carbocycles. The molecule has 0 spiro atoms. The Balaban J connectivity index is 1.76. The number of amidine groups is 1. The van der Waals surface area contributed by atoms with Gasteiger partial charge in [0.25, 0.3) is 15.9 Å². The summed E-state index contributed by atoms with van der Waals surface area (Å²) in [7, 11) is -3.36. The lowest BCUT2D eigenvalue weighted by Gasteiger charge is -2.28. The van der Waals surface area contributed by atoms with Crippen molar-refractivity contribution in [2.45, 2.75) is 6.42 Å². The molecule has 1 amide bonds. The van der Waals surface area contributed by atoms with E-state index < -0.39 is 10.0 Å². The highest BCUT2D eigenvalue weighted by atomic mass is 32.2. The van der Waals surface area contributed by atoms with E-state index in [-0.39, 0.29) is 11.7 Å². The molecule has 21 heavy (non-hydrogen) atoms. The summed E-state index contributed by atoms with van der Waals surface area (Å²) in [5.41, 5.74) is 6.20. The molecule has 2 N–H and O–H groups in total. The Morgan fingerprint density at radius 3 is 2.90 bits per heavy atom. The quantitative estimate of drug-likeness (QED) is 0.727. The monoisotopic (exact) mass is 310 g/mol. The Hall–Kier alpha value is -1.67. The Labute approximate surface area is 123 Å². The number of carbonyl (C=O) groups excluding carboxylic acids is 1. The summed E-state index contributed by atoms with van der Waals surface area (Å²) in [6.07, 6.45) is 5.84. The molecule has 3 heterocycles. The van der Waals surface area contributed by atoms with Gasteiger partial charge in [0.2, 0.25) is 0 Å². The van der Waals surface area contributed by atoms with Crippen molar-refractivity contribution in [3.63, 3.8) is 0 Å². The standard InChI is InChI=1S/C13H18N4O3S/c14-7-10-3-4-17(8-10)13(18)11-1-2-12-15-21(19,20)6-5-16(12)9-11/h1-2,9-10H,3-8,14H2. The van der Waals surface area contributed by atoms with E-state index in [9.17, 15) is 13.2 Å². The number of hydrogen-bond acceptors (Lipinski definition) is 5. The molecule has 0 aromatic carbocycles. The predicted octanol–water partition coefficient (Wildman–Crippen LogP) is -0.709. The second-order valence-electron chi connectivity index (χ2n) is 5.49. The molecule has 1 unspecified atom stereocenters. The second-order valence-corrected chi connectivity index (χ2v) is 7.24. The first-order valence-electron chi connectivity index (χ1n) is 6.97. The zero-order valence-corrected chi connectivity index (χ0v) is 12.4. The van der Waals surface area contributed by atoms with Crippen molar-refractivity contribution in [3.8, 4) is 0 Å². The van der Waals surface area contributed by atoms with Gasteiger partial charge in [0.15, 0.2) is 0 Å². The fraction of sp³-hybridized carbons (Fsp3) is 0.538. The number of hydrogen-bond donors (Lipinski definition) is 1. The van der Waals surface area contributed by atoms with Crippen LogP contribution in [-0.4, -0.2) is 61.9 Å². The van der Waals surface area contributed by atoms with E-state index >= 15 is 0 Å². The first kappa shape index (κ1) is 14.3. The lowest BCUT2D eigenvalue weighted by atomic mass is 10.1. The smallest absolute Gasteiger partial charge is 0.256 e. The minimum absolute atomic E-state index is 0.0265. The van der Waals surface area contributed by atoms with E-state index in [1.807, 2.05) is 0 Å². The van der Waals surface area contributed by atoms with Crippen LogP contribution >= 0.6 is 0 Å². The molecule has 3 aliphatic rings. The summed E-state index contributed by atoms with van der Waals surface area (Å²) in [6.45, 7) is 2.34. The van der Waals surface area contributed by atoms with Gasteiger partial charge in [-0.15, -0.1) is 4.40 Å². The van der Waals surface area contributed by atoms with Crippen LogP contribution in [0, 0.1) is 5.92 Å². The van der Waals surface area contributed by atoms with Gasteiger partial charge >= 0.3 is 0 Å². The summed E-state index contributed by atoms with van der Waals surface area (Å²) in [5, 5.41) is 0. The molecule has 3 aliphatic heterocycles. The summed E-state index contributed by atoms with van der Waals surface area (Å²) in [4.78, 5) is 16.0. The first-order valence-corrected chi connectivity index (χ1v) is 8.58. The van der Waals surface area contributed by atoms with Crippen molar-refractivity contribution in [2.24, 2.45) is 16.0 Å². The van der Waals surface area contributed by atoms with Gasteiger partial charge in [-0.1, -0.05) is 0 Å². The highest BCUT2D eigenvalue weighted by Gasteiger charge is 2.29. The lowest BCUT2D eigenvalue weighted by Crippen LogP contribution is -2.38.